The summed E-state index contributed by atoms with van der Waals surface area (Å²) in [6.07, 6.45) is 0. The zero-order chi connectivity index (χ0) is 18.8. The summed E-state index contributed by atoms with van der Waals surface area (Å²) in [6.45, 7) is 3.51. The minimum absolute atomic E-state index is 0.111. The maximum Gasteiger partial charge on any atom is 0.271 e. The van der Waals surface area contributed by atoms with Gasteiger partial charge in [-0.15, -0.1) is 0 Å². The molecular weight excluding hydrogens is 337 g/mol. The van der Waals surface area contributed by atoms with Gasteiger partial charge in [-0.25, -0.2) is 4.39 Å². The summed E-state index contributed by atoms with van der Waals surface area (Å²) in [5.41, 5.74) is 2.22. The highest BCUT2D eigenvalue weighted by Crippen LogP contribution is 2.24. The molecule has 0 saturated heterocycles. The highest BCUT2D eigenvalue weighted by atomic mass is 19.1. The summed E-state index contributed by atoms with van der Waals surface area (Å²) in [5, 5.41) is 13.5. The van der Waals surface area contributed by atoms with E-state index in [0.29, 0.717) is 28.3 Å². The molecule has 26 heavy (non-hydrogen) atoms. The second-order valence-corrected chi connectivity index (χ2v) is 5.83. The second-order valence-electron chi connectivity index (χ2n) is 5.83. The lowest BCUT2D eigenvalue weighted by Crippen LogP contribution is -2.13. The van der Waals surface area contributed by atoms with Crippen molar-refractivity contribution in [3.05, 3.63) is 87.5 Å². The van der Waals surface area contributed by atoms with Crippen molar-refractivity contribution in [2.45, 2.75) is 13.8 Å². The Balaban J connectivity index is 1.94. The first-order valence-corrected chi connectivity index (χ1v) is 7.88. The lowest BCUT2D eigenvalue weighted by Gasteiger charge is -2.11. The van der Waals surface area contributed by atoms with Gasteiger partial charge in [0.15, 0.2) is 0 Å². The minimum Gasteiger partial charge on any atom is -0.322 e. The Kier molecular flexibility index (Phi) is 4.53. The SMILES string of the molecule is Cc1cc(C(=O)Nc2cccc([N+](=O)[O-])c2)c(C)n1-c1ccccc1F. The number of para-hydroxylation sites is 1. The number of amides is 1. The van der Waals surface area contributed by atoms with Gasteiger partial charge < -0.3 is 9.88 Å². The van der Waals surface area contributed by atoms with E-state index in [0.717, 1.165) is 0 Å². The van der Waals surface area contributed by atoms with E-state index in [1.54, 1.807) is 48.7 Å². The van der Waals surface area contributed by atoms with Gasteiger partial charge in [0.25, 0.3) is 11.6 Å². The number of nitro benzene ring substituents is 1. The van der Waals surface area contributed by atoms with Gasteiger partial charge in [0.05, 0.1) is 16.2 Å². The maximum atomic E-state index is 14.1. The number of nitrogens with one attached hydrogen (secondary N) is 1. The van der Waals surface area contributed by atoms with E-state index in [1.165, 1.54) is 24.3 Å². The molecule has 3 aromatic rings. The third kappa shape index (κ3) is 3.19. The van der Waals surface area contributed by atoms with E-state index < -0.39 is 10.8 Å². The molecule has 1 amide bonds. The number of carbonyl (C=O) groups excluding carboxylic acids is 1. The number of aryl methyl sites for hydroxylation is 1. The number of aromatic nitrogens is 1. The predicted octanol–water partition coefficient (Wildman–Crippen LogP) is 4.39. The Bertz CT molecular complexity index is 1010. The molecule has 0 aliphatic rings. The first kappa shape index (κ1) is 17.3. The van der Waals surface area contributed by atoms with Gasteiger partial charge in [0.2, 0.25) is 0 Å². The molecule has 1 aromatic heterocycles. The van der Waals surface area contributed by atoms with Crippen LogP contribution in [0.4, 0.5) is 15.8 Å². The van der Waals surface area contributed by atoms with Crippen molar-refractivity contribution in [2.24, 2.45) is 0 Å². The number of hydrogen-bond donors (Lipinski definition) is 1. The van der Waals surface area contributed by atoms with Gasteiger partial charge in [-0.3, -0.25) is 14.9 Å². The molecule has 0 aliphatic carbocycles. The van der Waals surface area contributed by atoms with Crippen LogP contribution in [0.3, 0.4) is 0 Å². The summed E-state index contributed by atoms with van der Waals surface area (Å²) in [5.74, 6) is -0.805. The van der Waals surface area contributed by atoms with E-state index in [2.05, 4.69) is 5.32 Å². The molecule has 7 heteroatoms. The van der Waals surface area contributed by atoms with E-state index in [4.69, 9.17) is 0 Å². The molecular formula is C19H16FN3O3. The van der Waals surface area contributed by atoms with E-state index >= 15 is 0 Å². The number of anilines is 1. The lowest BCUT2D eigenvalue weighted by molar-refractivity contribution is -0.384. The first-order chi connectivity index (χ1) is 12.4. The largest absolute Gasteiger partial charge is 0.322 e. The Hall–Kier alpha value is -3.48. The lowest BCUT2D eigenvalue weighted by atomic mass is 10.2. The van der Waals surface area contributed by atoms with Crippen molar-refractivity contribution in [3.63, 3.8) is 0 Å². The molecule has 0 bridgehead atoms. The van der Waals surface area contributed by atoms with Crippen molar-refractivity contribution in [2.75, 3.05) is 5.32 Å². The van der Waals surface area contributed by atoms with Crippen LogP contribution < -0.4 is 5.32 Å². The summed E-state index contributed by atoms with van der Waals surface area (Å²) in [7, 11) is 0. The summed E-state index contributed by atoms with van der Waals surface area (Å²) in [6, 6.07) is 13.7. The minimum atomic E-state index is -0.528. The average molecular weight is 353 g/mol. The highest BCUT2D eigenvalue weighted by Gasteiger charge is 2.19. The van der Waals surface area contributed by atoms with Gasteiger partial charge in [0, 0.05) is 29.2 Å². The quantitative estimate of drug-likeness (QED) is 0.558. The van der Waals surface area contributed by atoms with Crippen LogP contribution in [-0.4, -0.2) is 15.4 Å². The van der Waals surface area contributed by atoms with Crippen LogP contribution in [0.25, 0.3) is 5.69 Å². The van der Waals surface area contributed by atoms with Gasteiger partial charge in [-0.05, 0) is 38.1 Å². The van der Waals surface area contributed by atoms with Gasteiger partial charge >= 0.3 is 0 Å². The Labute approximate surface area is 149 Å². The van der Waals surface area contributed by atoms with E-state index in [1.807, 2.05) is 0 Å². The average Bonchev–Trinajstić information content (AvgIpc) is 2.90. The number of carbonyl (C=O) groups is 1. The van der Waals surface area contributed by atoms with Crippen molar-refractivity contribution in [1.29, 1.82) is 0 Å². The van der Waals surface area contributed by atoms with Crippen LogP contribution in [0.1, 0.15) is 21.7 Å². The predicted molar refractivity (Wildman–Crippen MR) is 96.3 cm³/mol. The fraction of sp³-hybridized carbons (Fsp3) is 0.105. The Morgan fingerprint density at radius 1 is 1.12 bits per heavy atom. The molecule has 0 unspecified atom stereocenters. The summed E-state index contributed by atoms with van der Waals surface area (Å²) < 4.78 is 15.8. The van der Waals surface area contributed by atoms with Crippen LogP contribution in [0.2, 0.25) is 0 Å². The van der Waals surface area contributed by atoms with Gasteiger partial charge in [0.1, 0.15) is 5.82 Å². The molecule has 1 heterocycles. The van der Waals surface area contributed by atoms with Gasteiger partial charge in [-0.2, -0.15) is 0 Å². The van der Waals surface area contributed by atoms with Crippen LogP contribution in [0.5, 0.6) is 0 Å². The van der Waals surface area contributed by atoms with Crippen molar-refractivity contribution in [1.82, 2.24) is 4.57 Å². The first-order valence-electron chi connectivity index (χ1n) is 7.88. The van der Waals surface area contributed by atoms with Crippen LogP contribution in [0.15, 0.2) is 54.6 Å². The number of nitro groups is 1. The molecule has 0 saturated carbocycles. The monoisotopic (exact) mass is 353 g/mol. The zero-order valence-corrected chi connectivity index (χ0v) is 14.2. The second kappa shape index (κ2) is 6.79. The van der Waals surface area contributed by atoms with Crippen LogP contribution in [-0.2, 0) is 0 Å². The molecule has 0 spiro atoms. The smallest absolute Gasteiger partial charge is 0.271 e. The van der Waals surface area contributed by atoms with Crippen LogP contribution in [0, 0.1) is 29.8 Å². The topological polar surface area (TPSA) is 77.2 Å². The molecule has 0 radical (unpaired) electrons. The van der Waals surface area contributed by atoms with E-state index in [9.17, 15) is 19.3 Å². The number of benzene rings is 2. The van der Waals surface area contributed by atoms with Crippen molar-refractivity contribution >= 4 is 17.3 Å². The number of nitrogens with zero attached hydrogens (tertiary/aromatic N) is 2. The third-order valence-corrected chi connectivity index (χ3v) is 4.08. The highest BCUT2D eigenvalue weighted by molar-refractivity contribution is 6.05. The number of rotatable bonds is 4. The van der Waals surface area contributed by atoms with Gasteiger partial charge in [-0.1, -0.05) is 18.2 Å². The van der Waals surface area contributed by atoms with Crippen molar-refractivity contribution in [3.8, 4) is 5.69 Å². The van der Waals surface area contributed by atoms with E-state index in [-0.39, 0.29) is 11.5 Å². The molecule has 2 aromatic carbocycles. The molecule has 6 nitrogen and oxygen atoms in total. The number of non-ortho nitro benzene ring substituents is 1. The molecule has 3 rings (SSSR count). The Morgan fingerprint density at radius 3 is 2.54 bits per heavy atom. The number of hydrogen-bond acceptors (Lipinski definition) is 3. The standard InChI is InChI=1S/C19H16FN3O3/c1-12-10-16(13(2)22(12)18-9-4-3-8-17(18)20)19(24)21-14-6-5-7-15(11-14)23(25)26/h3-11H,1-2H3,(H,21,24). The fourth-order valence-corrected chi connectivity index (χ4v) is 2.89. The third-order valence-electron chi connectivity index (χ3n) is 4.08. The Morgan fingerprint density at radius 2 is 1.85 bits per heavy atom. The molecule has 0 fully saturated rings. The molecule has 0 aliphatic heterocycles. The van der Waals surface area contributed by atoms with Crippen LogP contribution >= 0.6 is 0 Å². The number of halogens is 1. The zero-order valence-electron chi connectivity index (χ0n) is 14.2. The summed E-state index contributed by atoms with van der Waals surface area (Å²) in [4.78, 5) is 22.9. The van der Waals surface area contributed by atoms with Crippen molar-refractivity contribution < 1.29 is 14.1 Å². The molecule has 0 atom stereocenters. The molecule has 1 N–H and O–H groups in total. The maximum absolute atomic E-state index is 14.1. The normalized spacial score (nSPS) is 10.6. The molecule has 132 valence electrons. The fourth-order valence-electron chi connectivity index (χ4n) is 2.89. The summed E-state index contributed by atoms with van der Waals surface area (Å²) >= 11 is 0.